The molecule has 1 rings (SSSR count). The monoisotopic (exact) mass is 801 g/mol. The number of rotatable bonds is 33. The number of quaternary nitrogens is 1. The first kappa shape index (κ1) is 51.3. The highest BCUT2D eigenvalue weighted by Crippen LogP contribution is 2.38. The Hall–Kier alpha value is -1.73. The number of allylic oxidation sites excluding steroid dienone is 3. The zero-order valence-corrected chi connectivity index (χ0v) is 35.6. The zero-order valence-electron chi connectivity index (χ0n) is 34.7. The number of amides is 1. The van der Waals surface area contributed by atoms with Crippen LogP contribution < -0.4 is 10.2 Å². The molecule has 0 radical (unpaired) electrons. The van der Waals surface area contributed by atoms with Crippen molar-refractivity contribution in [3.63, 3.8) is 0 Å². The number of Topliss-reactive ketones (excluding diaryl/α,β-unsaturated/α-hetero) is 1. The van der Waals surface area contributed by atoms with Gasteiger partial charge < -0.3 is 44.2 Å². The van der Waals surface area contributed by atoms with Crippen molar-refractivity contribution in [2.75, 3.05) is 40.9 Å². The third-order valence-corrected chi connectivity index (χ3v) is 11.0. The lowest BCUT2D eigenvalue weighted by Gasteiger charge is -2.29. The Labute approximate surface area is 332 Å². The first-order chi connectivity index (χ1) is 26.1. The minimum Gasteiger partial charge on any atom is -0.756 e. The first-order valence-corrected chi connectivity index (χ1v) is 22.5. The molecule has 1 saturated carbocycles. The first-order valence-electron chi connectivity index (χ1n) is 21.0. The quantitative estimate of drug-likeness (QED) is 0.0226. The number of carbonyl (C=O) groups is 2. The van der Waals surface area contributed by atoms with Gasteiger partial charge in [-0.05, 0) is 44.9 Å². The van der Waals surface area contributed by atoms with Gasteiger partial charge in [0, 0.05) is 37.5 Å². The summed E-state index contributed by atoms with van der Waals surface area (Å²) in [6.07, 6.45) is 22.5. The number of carbonyl (C=O) groups excluding carboxylic acids is 2. The van der Waals surface area contributed by atoms with Crippen LogP contribution in [0.4, 0.5) is 0 Å². The molecule has 1 fully saturated rings. The van der Waals surface area contributed by atoms with Crippen LogP contribution in [0.5, 0.6) is 0 Å². The number of unbranched alkanes of at least 4 members (excludes halogenated alkanes) is 10. The number of ketones is 1. The summed E-state index contributed by atoms with van der Waals surface area (Å²) in [5.41, 5.74) is 0. The van der Waals surface area contributed by atoms with Crippen LogP contribution in [-0.2, 0) is 23.2 Å². The molecule has 0 spiro atoms. The lowest BCUT2D eigenvalue weighted by molar-refractivity contribution is -0.870. The van der Waals surface area contributed by atoms with Crippen molar-refractivity contribution in [1.82, 2.24) is 5.32 Å². The van der Waals surface area contributed by atoms with Gasteiger partial charge in [0.15, 0.2) is 0 Å². The van der Waals surface area contributed by atoms with E-state index in [2.05, 4.69) is 31.3 Å². The number of nitrogens with zero attached hydrogens (tertiary/aromatic N) is 1. The highest BCUT2D eigenvalue weighted by atomic mass is 31.2. The van der Waals surface area contributed by atoms with E-state index in [1.807, 2.05) is 21.1 Å². The fourth-order valence-electron chi connectivity index (χ4n) is 6.57. The van der Waals surface area contributed by atoms with Crippen LogP contribution in [0.1, 0.15) is 136 Å². The lowest BCUT2D eigenvalue weighted by Crippen LogP contribution is -2.45. The molecule has 0 heterocycles. The van der Waals surface area contributed by atoms with E-state index in [4.69, 9.17) is 9.05 Å². The Morgan fingerprint density at radius 2 is 1.47 bits per heavy atom. The minimum absolute atomic E-state index is 0.0463. The van der Waals surface area contributed by atoms with Crippen LogP contribution in [0, 0.1) is 11.8 Å². The van der Waals surface area contributed by atoms with E-state index in [1.165, 1.54) is 44.6 Å². The molecule has 1 amide bonds. The molecule has 320 valence electrons. The summed E-state index contributed by atoms with van der Waals surface area (Å²) >= 11 is 0. The summed E-state index contributed by atoms with van der Waals surface area (Å²) in [4.78, 5) is 38.3. The highest BCUT2D eigenvalue weighted by molar-refractivity contribution is 7.45. The van der Waals surface area contributed by atoms with Gasteiger partial charge in [0.1, 0.15) is 18.9 Å². The Bertz CT molecular complexity index is 1170. The molecule has 1 unspecified atom stereocenters. The minimum atomic E-state index is -4.70. The van der Waals surface area contributed by atoms with Crippen LogP contribution in [0.15, 0.2) is 36.5 Å². The number of likely N-dealkylation sites (N-methyl/N-ethyl adjacent to an activating group) is 1. The average Bonchev–Trinajstić information content (AvgIpc) is 3.37. The summed E-state index contributed by atoms with van der Waals surface area (Å²) in [7, 11) is 1.01. The molecule has 12 nitrogen and oxygen atoms in total. The van der Waals surface area contributed by atoms with E-state index in [9.17, 15) is 39.5 Å². The van der Waals surface area contributed by atoms with Crippen molar-refractivity contribution >= 4 is 19.5 Å². The molecule has 55 heavy (non-hydrogen) atoms. The van der Waals surface area contributed by atoms with Gasteiger partial charge in [0.05, 0.1) is 58.2 Å². The van der Waals surface area contributed by atoms with E-state index >= 15 is 0 Å². The van der Waals surface area contributed by atoms with Crippen LogP contribution in [0.25, 0.3) is 0 Å². The lowest BCUT2D eigenvalue weighted by atomic mass is 9.87. The molecule has 1 aliphatic rings. The van der Waals surface area contributed by atoms with Crippen molar-refractivity contribution in [2.45, 2.75) is 166 Å². The standard InChI is InChI=1S/C42H77N2O10P/c1-6-8-10-11-12-13-14-15-16-17-18-20-25-39(47)38(33-54-55(51,52)53-30-29-44(3,4)5)43-42(50)26-22-21-24-35(46)31-37-36(40(48)32-41(37)49)28-27-34(45)23-19-9-7-2/h15-16,20,25,27-28,34,36-41,45,47-49H,6-14,17-19,21-24,26,29-33H2,1-5H3,(H-,43,50,51,52)/b16-15-,25-20+,28-27+/t34-,36+,37+,38-,39+,40+,41-/m0/s1. The van der Waals surface area contributed by atoms with Gasteiger partial charge in [-0.1, -0.05) is 102 Å². The molecule has 0 aromatic heterocycles. The Kier molecular flexibility index (Phi) is 27.5. The van der Waals surface area contributed by atoms with Crippen LogP contribution >= 0.6 is 7.82 Å². The summed E-state index contributed by atoms with van der Waals surface area (Å²) in [6, 6.07) is -1.05. The van der Waals surface area contributed by atoms with E-state index in [0.29, 0.717) is 36.7 Å². The second kappa shape index (κ2) is 29.5. The molecule has 13 heteroatoms. The van der Waals surface area contributed by atoms with Crippen molar-refractivity contribution in [3.05, 3.63) is 36.5 Å². The van der Waals surface area contributed by atoms with Crippen LogP contribution in [0.3, 0.4) is 0 Å². The SMILES string of the molecule is CCCCCCCC/C=C\CC/C=C/[C@@H](O)[C@H](COP(=O)([O-])OCC[N+](C)(C)C)NC(=O)CCCCC(=O)C[C@@H]1[C@@H](/C=C/[C@@H](O)CCCCC)[C@H](O)C[C@@H]1O. The van der Waals surface area contributed by atoms with E-state index < -0.39 is 62.6 Å². The van der Waals surface area contributed by atoms with Crippen LogP contribution in [-0.4, -0.2) is 108 Å². The topological polar surface area (TPSA) is 186 Å². The number of aliphatic hydroxyl groups excluding tert-OH is 4. The summed E-state index contributed by atoms with van der Waals surface area (Å²) in [5, 5.41) is 45.0. The highest BCUT2D eigenvalue weighted by Gasteiger charge is 2.41. The largest absolute Gasteiger partial charge is 0.756 e. The van der Waals surface area contributed by atoms with Crippen molar-refractivity contribution in [2.24, 2.45) is 11.8 Å². The van der Waals surface area contributed by atoms with Gasteiger partial charge in [-0.25, -0.2) is 0 Å². The molecule has 0 saturated heterocycles. The smallest absolute Gasteiger partial charge is 0.268 e. The Morgan fingerprint density at radius 1 is 0.836 bits per heavy atom. The molecule has 0 aromatic rings. The predicted octanol–water partition coefficient (Wildman–Crippen LogP) is 6.06. The molecular formula is C42H77N2O10P. The van der Waals surface area contributed by atoms with E-state index in [-0.39, 0.29) is 38.1 Å². The molecule has 1 aliphatic carbocycles. The predicted molar refractivity (Wildman–Crippen MR) is 217 cm³/mol. The molecule has 0 aliphatic heterocycles. The van der Waals surface area contributed by atoms with Crippen molar-refractivity contribution in [1.29, 1.82) is 0 Å². The number of hydrogen-bond acceptors (Lipinski definition) is 10. The number of hydrogen-bond donors (Lipinski definition) is 5. The zero-order chi connectivity index (χ0) is 41.1. The van der Waals surface area contributed by atoms with Crippen LogP contribution in [0.2, 0.25) is 0 Å². The number of nitrogens with one attached hydrogen (secondary N) is 1. The Morgan fingerprint density at radius 3 is 2.18 bits per heavy atom. The second-order valence-corrected chi connectivity index (χ2v) is 17.7. The third-order valence-electron chi connectivity index (χ3n) is 10.1. The molecular weight excluding hydrogens is 723 g/mol. The maximum atomic E-state index is 12.9. The van der Waals surface area contributed by atoms with E-state index in [0.717, 1.165) is 32.1 Å². The van der Waals surface area contributed by atoms with Gasteiger partial charge in [-0.2, -0.15) is 0 Å². The maximum Gasteiger partial charge on any atom is 0.268 e. The Balaban J connectivity index is 2.66. The fraction of sp³-hybridized carbons (Fsp3) is 0.810. The summed E-state index contributed by atoms with van der Waals surface area (Å²) in [6.45, 7) is 4.15. The summed E-state index contributed by atoms with van der Waals surface area (Å²) < 4.78 is 23.0. The van der Waals surface area contributed by atoms with Gasteiger partial charge in [-0.3, -0.25) is 14.2 Å². The van der Waals surface area contributed by atoms with Gasteiger partial charge in [0.2, 0.25) is 5.91 Å². The number of phosphoric acid groups is 1. The molecule has 8 atom stereocenters. The average molecular weight is 801 g/mol. The third kappa shape index (κ3) is 26.0. The summed E-state index contributed by atoms with van der Waals surface area (Å²) in [5.74, 6) is -1.38. The van der Waals surface area contributed by atoms with Crippen molar-refractivity contribution < 1.29 is 53.0 Å². The molecule has 0 aromatic carbocycles. The molecule has 5 N–H and O–H groups in total. The fourth-order valence-corrected chi connectivity index (χ4v) is 7.30. The van der Waals surface area contributed by atoms with E-state index in [1.54, 1.807) is 18.2 Å². The number of aliphatic hydroxyl groups is 4. The van der Waals surface area contributed by atoms with Gasteiger partial charge in [0.25, 0.3) is 7.82 Å². The normalized spacial score (nSPS) is 22.1. The second-order valence-electron chi connectivity index (χ2n) is 16.3. The maximum absolute atomic E-state index is 12.9. The van der Waals surface area contributed by atoms with Gasteiger partial charge in [-0.15, -0.1) is 0 Å². The van der Waals surface area contributed by atoms with Crippen molar-refractivity contribution in [3.8, 4) is 0 Å². The number of phosphoric ester groups is 1. The molecule has 0 bridgehead atoms. The van der Waals surface area contributed by atoms with Gasteiger partial charge >= 0.3 is 0 Å².